The normalized spacial score (nSPS) is 21.0. The standard InChI is InChI=1S/C11H23NO2/c1-11(4-8-14-9-5-11)10-12-6-2-3-7-13/h12-13H,2-10H2,1H3. The van der Waals surface area contributed by atoms with E-state index >= 15 is 0 Å². The fraction of sp³-hybridized carbons (Fsp3) is 1.00. The largest absolute Gasteiger partial charge is 0.396 e. The average molecular weight is 201 g/mol. The van der Waals surface area contributed by atoms with Crippen molar-refractivity contribution in [3.8, 4) is 0 Å². The minimum Gasteiger partial charge on any atom is -0.396 e. The van der Waals surface area contributed by atoms with E-state index in [4.69, 9.17) is 9.84 Å². The molecule has 1 aliphatic rings. The number of rotatable bonds is 6. The predicted molar refractivity (Wildman–Crippen MR) is 57.3 cm³/mol. The van der Waals surface area contributed by atoms with Crippen molar-refractivity contribution in [3.05, 3.63) is 0 Å². The molecule has 0 aromatic rings. The second-order valence-electron chi connectivity index (χ2n) is 4.53. The van der Waals surface area contributed by atoms with Crippen LogP contribution in [0.15, 0.2) is 0 Å². The molecule has 1 aliphatic heterocycles. The molecule has 14 heavy (non-hydrogen) atoms. The van der Waals surface area contributed by atoms with E-state index in [0.717, 1.165) is 39.1 Å². The molecule has 1 heterocycles. The molecule has 1 fully saturated rings. The fourth-order valence-corrected chi connectivity index (χ4v) is 1.79. The Morgan fingerprint density at radius 1 is 1.29 bits per heavy atom. The molecule has 0 atom stereocenters. The summed E-state index contributed by atoms with van der Waals surface area (Å²) in [6, 6.07) is 0. The van der Waals surface area contributed by atoms with Crippen LogP contribution in [-0.4, -0.2) is 38.0 Å². The number of hydrogen-bond acceptors (Lipinski definition) is 3. The van der Waals surface area contributed by atoms with Crippen molar-refractivity contribution in [2.45, 2.75) is 32.6 Å². The van der Waals surface area contributed by atoms with Crippen LogP contribution in [-0.2, 0) is 4.74 Å². The van der Waals surface area contributed by atoms with E-state index in [1.165, 1.54) is 12.8 Å². The van der Waals surface area contributed by atoms with Gasteiger partial charge in [0.25, 0.3) is 0 Å². The Labute approximate surface area is 86.8 Å². The summed E-state index contributed by atoms with van der Waals surface area (Å²) in [6.07, 6.45) is 4.32. The van der Waals surface area contributed by atoms with Gasteiger partial charge in [-0.25, -0.2) is 0 Å². The third kappa shape index (κ3) is 4.40. The molecular weight excluding hydrogens is 178 g/mol. The van der Waals surface area contributed by atoms with Crippen LogP contribution >= 0.6 is 0 Å². The van der Waals surface area contributed by atoms with Gasteiger partial charge < -0.3 is 15.2 Å². The van der Waals surface area contributed by atoms with Crippen molar-refractivity contribution in [2.75, 3.05) is 32.9 Å². The van der Waals surface area contributed by atoms with Crippen molar-refractivity contribution < 1.29 is 9.84 Å². The lowest BCUT2D eigenvalue weighted by Crippen LogP contribution is -2.37. The van der Waals surface area contributed by atoms with Crippen LogP contribution in [0.1, 0.15) is 32.6 Å². The summed E-state index contributed by atoms with van der Waals surface area (Å²) in [5.74, 6) is 0. The Kier molecular flexibility index (Phi) is 5.45. The molecule has 84 valence electrons. The molecule has 0 amide bonds. The molecule has 1 rings (SSSR count). The molecule has 0 aliphatic carbocycles. The van der Waals surface area contributed by atoms with E-state index < -0.39 is 0 Å². The zero-order valence-corrected chi connectivity index (χ0v) is 9.22. The Morgan fingerprint density at radius 3 is 2.64 bits per heavy atom. The van der Waals surface area contributed by atoms with Crippen molar-refractivity contribution >= 4 is 0 Å². The summed E-state index contributed by atoms with van der Waals surface area (Å²) in [7, 11) is 0. The monoisotopic (exact) mass is 201 g/mol. The number of aliphatic hydroxyl groups is 1. The van der Waals surface area contributed by atoms with E-state index in [1.807, 2.05) is 0 Å². The third-order valence-corrected chi connectivity index (χ3v) is 3.01. The Morgan fingerprint density at radius 2 is 2.00 bits per heavy atom. The second kappa shape index (κ2) is 6.38. The Bertz CT molecular complexity index is 144. The molecule has 3 nitrogen and oxygen atoms in total. The van der Waals surface area contributed by atoms with Crippen molar-refractivity contribution in [2.24, 2.45) is 5.41 Å². The quantitative estimate of drug-likeness (QED) is 0.634. The summed E-state index contributed by atoms with van der Waals surface area (Å²) in [6.45, 7) is 6.57. The van der Waals surface area contributed by atoms with Gasteiger partial charge in [0.05, 0.1) is 0 Å². The molecule has 0 aromatic heterocycles. The lowest BCUT2D eigenvalue weighted by atomic mass is 9.82. The van der Waals surface area contributed by atoms with Gasteiger partial charge in [-0.1, -0.05) is 6.92 Å². The smallest absolute Gasteiger partial charge is 0.0471 e. The number of ether oxygens (including phenoxy) is 1. The van der Waals surface area contributed by atoms with E-state index in [9.17, 15) is 0 Å². The maximum Gasteiger partial charge on any atom is 0.0471 e. The van der Waals surface area contributed by atoms with Crippen LogP contribution in [0.3, 0.4) is 0 Å². The van der Waals surface area contributed by atoms with Gasteiger partial charge in [0.15, 0.2) is 0 Å². The van der Waals surface area contributed by atoms with E-state index in [1.54, 1.807) is 0 Å². The zero-order chi connectivity index (χ0) is 10.3. The number of nitrogens with one attached hydrogen (secondary N) is 1. The first kappa shape index (κ1) is 12.0. The van der Waals surface area contributed by atoms with E-state index in [2.05, 4.69) is 12.2 Å². The van der Waals surface area contributed by atoms with Gasteiger partial charge >= 0.3 is 0 Å². The molecular formula is C11H23NO2. The Hall–Kier alpha value is -0.120. The molecule has 0 saturated carbocycles. The number of hydrogen-bond donors (Lipinski definition) is 2. The lowest BCUT2D eigenvalue weighted by molar-refractivity contribution is 0.0241. The van der Waals surface area contributed by atoms with Gasteiger partial charge in [-0.15, -0.1) is 0 Å². The summed E-state index contributed by atoms with van der Waals surface area (Å²) in [5.41, 5.74) is 0.428. The van der Waals surface area contributed by atoms with Gasteiger partial charge in [-0.2, -0.15) is 0 Å². The summed E-state index contributed by atoms with van der Waals surface area (Å²) >= 11 is 0. The van der Waals surface area contributed by atoms with Crippen LogP contribution < -0.4 is 5.32 Å². The highest BCUT2D eigenvalue weighted by molar-refractivity contribution is 4.79. The molecule has 2 N–H and O–H groups in total. The van der Waals surface area contributed by atoms with Gasteiger partial charge in [-0.05, 0) is 37.6 Å². The van der Waals surface area contributed by atoms with Crippen LogP contribution in [0.4, 0.5) is 0 Å². The average Bonchev–Trinajstić information content (AvgIpc) is 2.18. The van der Waals surface area contributed by atoms with Crippen molar-refractivity contribution in [1.29, 1.82) is 0 Å². The highest BCUT2D eigenvalue weighted by Crippen LogP contribution is 2.28. The first-order valence-electron chi connectivity index (χ1n) is 5.66. The van der Waals surface area contributed by atoms with Crippen molar-refractivity contribution in [1.82, 2.24) is 5.32 Å². The molecule has 3 heteroatoms. The summed E-state index contributed by atoms with van der Waals surface area (Å²) in [5, 5.41) is 12.1. The lowest BCUT2D eigenvalue weighted by Gasteiger charge is -2.33. The minimum absolute atomic E-state index is 0.312. The second-order valence-corrected chi connectivity index (χ2v) is 4.53. The molecule has 1 saturated heterocycles. The summed E-state index contributed by atoms with van der Waals surface area (Å²) < 4.78 is 5.35. The van der Waals surface area contributed by atoms with Crippen LogP contribution in [0.2, 0.25) is 0 Å². The van der Waals surface area contributed by atoms with Crippen LogP contribution in [0.25, 0.3) is 0 Å². The van der Waals surface area contributed by atoms with Gasteiger partial charge in [-0.3, -0.25) is 0 Å². The molecule has 0 spiro atoms. The summed E-state index contributed by atoms with van der Waals surface area (Å²) in [4.78, 5) is 0. The topological polar surface area (TPSA) is 41.5 Å². The number of unbranched alkanes of at least 4 members (excludes halogenated alkanes) is 1. The van der Waals surface area contributed by atoms with Gasteiger partial charge in [0.1, 0.15) is 0 Å². The SMILES string of the molecule is CC1(CNCCCCO)CCOCC1. The first-order valence-corrected chi connectivity index (χ1v) is 5.66. The van der Waals surface area contributed by atoms with Crippen molar-refractivity contribution in [3.63, 3.8) is 0 Å². The fourth-order valence-electron chi connectivity index (χ4n) is 1.79. The van der Waals surface area contributed by atoms with E-state index in [0.29, 0.717) is 12.0 Å². The van der Waals surface area contributed by atoms with Gasteiger partial charge in [0, 0.05) is 26.4 Å². The minimum atomic E-state index is 0.312. The maximum absolute atomic E-state index is 8.62. The maximum atomic E-state index is 8.62. The van der Waals surface area contributed by atoms with Crippen LogP contribution in [0, 0.1) is 5.41 Å². The number of aliphatic hydroxyl groups excluding tert-OH is 1. The highest BCUT2D eigenvalue weighted by Gasteiger charge is 2.26. The highest BCUT2D eigenvalue weighted by atomic mass is 16.5. The predicted octanol–water partition coefficient (Wildman–Crippen LogP) is 1.17. The van der Waals surface area contributed by atoms with E-state index in [-0.39, 0.29) is 0 Å². The molecule has 0 aromatic carbocycles. The molecule has 0 radical (unpaired) electrons. The van der Waals surface area contributed by atoms with Crippen LogP contribution in [0.5, 0.6) is 0 Å². The zero-order valence-electron chi connectivity index (χ0n) is 9.22. The first-order chi connectivity index (χ1) is 6.77. The molecule has 0 unspecified atom stereocenters. The van der Waals surface area contributed by atoms with Gasteiger partial charge in [0.2, 0.25) is 0 Å². The third-order valence-electron chi connectivity index (χ3n) is 3.01. The molecule has 0 bridgehead atoms. The Balaban J connectivity index is 2.03.